The maximum Gasteiger partial charge on any atom is 0.266 e. The van der Waals surface area contributed by atoms with Gasteiger partial charge in [0.25, 0.3) is 5.91 Å². The SMILES string of the molecule is O=C(c1ccoc1)N(c1ccccc1)c1ccccc1-n1cccn1. The smallest absolute Gasteiger partial charge is 0.266 e. The molecule has 2 aromatic carbocycles. The Hall–Kier alpha value is -3.60. The third-order valence-corrected chi connectivity index (χ3v) is 3.86. The molecule has 5 nitrogen and oxygen atoms in total. The van der Waals surface area contributed by atoms with E-state index >= 15 is 0 Å². The zero-order valence-corrected chi connectivity index (χ0v) is 13.3. The molecule has 0 radical (unpaired) electrons. The molecule has 0 saturated carbocycles. The minimum Gasteiger partial charge on any atom is -0.472 e. The molecule has 0 bridgehead atoms. The standard InChI is InChI=1S/C20H15N3O2/c24-20(16-11-14-25-15-16)23(17-7-2-1-3-8-17)19-10-5-4-9-18(19)22-13-6-12-21-22/h1-15H. The molecule has 0 aliphatic heterocycles. The fourth-order valence-electron chi connectivity index (χ4n) is 2.72. The van der Waals surface area contributed by atoms with E-state index in [2.05, 4.69) is 5.10 Å². The number of hydrogen-bond donors (Lipinski definition) is 0. The minimum atomic E-state index is -0.167. The van der Waals surface area contributed by atoms with E-state index in [0.29, 0.717) is 5.56 Å². The molecule has 0 spiro atoms. The van der Waals surface area contributed by atoms with Crippen LogP contribution in [-0.4, -0.2) is 15.7 Å². The zero-order valence-electron chi connectivity index (χ0n) is 13.3. The molecule has 0 N–H and O–H groups in total. The van der Waals surface area contributed by atoms with Gasteiger partial charge in [-0.05, 0) is 36.4 Å². The van der Waals surface area contributed by atoms with Crippen LogP contribution in [0, 0.1) is 0 Å². The van der Waals surface area contributed by atoms with Crippen molar-refractivity contribution in [2.45, 2.75) is 0 Å². The van der Waals surface area contributed by atoms with E-state index < -0.39 is 0 Å². The van der Waals surface area contributed by atoms with E-state index in [-0.39, 0.29) is 5.91 Å². The summed E-state index contributed by atoms with van der Waals surface area (Å²) in [5.41, 5.74) is 2.81. The monoisotopic (exact) mass is 329 g/mol. The molecule has 2 aromatic heterocycles. The second kappa shape index (κ2) is 6.49. The van der Waals surface area contributed by atoms with Gasteiger partial charge >= 0.3 is 0 Å². The number of aromatic nitrogens is 2. The van der Waals surface area contributed by atoms with E-state index in [1.54, 1.807) is 21.8 Å². The minimum absolute atomic E-state index is 0.167. The first-order valence-corrected chi connectivity index (χ1v) is 7.85. The summed E-state index contributed by atoms with van der Waals surface area (Å²) in [5, 5.41) is 4.31. The Morgan fingerprint density at radius 3 is 2.48 bits per heavy atom. The molecule has 1 amide bonds. The van der Waals surface area contributed by atoms with Crippen molar-refractivity contribution in [3.8, 4) is 5.69 Å². The van der Waals surface area contributed by atoms with Gasteiger partial charge in [-0.3, -0.25) is 9.69 Å². The molecule has 25 heavy (non-hydrogen) atoms. The van der Waals surface area contributed by atoms with Crippen LogP contribution >= 0.6 is 0 Å². The van der Waals surface area contributed by atoms with Crippen LogP contribution in [0.4, 0.5) is 11.4 Å². The number of para-hydroxylation sites is 3. The van der Waals surface area contributed by atoms with E-state index in [4.69, 9.17) is 4.42 Å². The number of rotatable bonds is 4. The lowest BCUT2D eigenvalue weighted by Gasteiger charge is -2.25. The molecular weight excluding hydrogens is 314 g/mol. The van der Waals surface area contributed by atoms with Crippen LogP contribution in [0.3, 0.4) is 0 Å². The first kappa shape index (κ1) is 15.0. The Morgan fingerprint density at radius 2 is 1.76 bits per heavy atom. The highest BCUT2D eigenvalue weighted by atomic mass is 16.3. The van der Waals surface area contributed by atoms with E-state index in [0.717, 1.165) is 17.1 Å². The third-order valence-electron chi connectivity index (χ3n) is 3.86. The fraction of sp³-hybridized carbons (Fsp3) is 0. The quantitative estimate of drug-likeness (QED) is 0.556. The summed E-state index contributed by atoms with van der Waals surface area (Å²) in [6.45, 7) is 0. The molecule has 0 atom stereocenters. The molecule has 0 saturated heterocycles. The molecule has 0 fully saturated rings. The summed E-state index contributed by atoms with van der Waals surface area (Å²) in [6.07, 6.45) is 6.51. The molecule has 0 aliphatic rings. The summed E-state index contributed by atoms with van der Waals surface area (Å²) < 4.78 is 6.84. The van der Waals surface area contributed by atoms with Crippen molar-refractivity contribution in [1.82, 2.24) is 9.78 Å². The van der Waals surface area contributed by atoms with Crippen molar-refractivity contribution < 1.29 is 9.21 Å². The van der Waals surface area contributed by atoms with Crippen molar-refractivity contribution in [3.05, 3.63) is 97.2 Å². The lowest BCUT2D eigenvalue weighted by atomic mass is 10.1. The van der Waals surface area contributed by atoms with Crippen LogP contribution in [-0.2, 0) is 0 Å². The average Bonchev–Trinajstić information content (AvgIpc) is 3.37. The van der Waals surface area contributed by atoms with Crippen LogP contribution in [0.2, 0.25) is 0 Å². The maximum atomic E-state index is 13.2. The highest BCUT2D eigenvalue weighted by molar-refractivity contribution is 6.11. The summed E-state index contributed by atoms with van der Waals surface area (Å²) >= 11 is 0. The topological polar surface area (TPSA) is 51.3 Å². The van der Waals surface area contributed by atoms with Crippen LogP contribution in [0.15, 0.2) is 96.1 Å². The lowest BCUT2D eigenvalue weighted by molar-refractivity contribution is 0.0998. The molecular formula is C20H15N3O2. The molecule has 122 valence electrons. The van der Waals surface area contributed by atoms with Crippen LogP contribution in [0.25, 0.3) is 5.69 Å². The zero-order chi connectivity index (χ0) is 17.1. The largest absolute Gasteiger partial charge is 0.472 e. The van der Waals surface area contributed by atoms with Crippen LogP contribution in [0.1, 0.15) is 10.4 Å². The average molecular weight is 329 g/mol. The Balaban J connectivity index is 1.89. The third kappa shape index (κ3) is 2.83. The number of amides is 1. The number of furan rings is 1. The lowest BCUT2D eigenvalue weighted by Crippen LogP contribution is -2.26. The number of carbonyl (C=O) groups is 1. The maximum absolute atomic E-state index is 13.2. The van der Waals surface area contributed by atoms with Crippen molar-refractivity contribution >= 4 is 17.3 Å². The number of benzene rings is 2. The number of carbonyl (C=O) groups excluding carboxylic acids is 1. The molecule has 0 aliphatic carbocycles. The number of hydrogen-bond acceptors (Lipinski definition) is 3. The molecule has 5 heteroatoms. The van der Waals surface area contributed by atoms with Gasteiger partial charge in [-0.25, -0.2) is 4.68 Å². The summed E-state index contributed by atoms with van der Waals surface area (Å²) in [6, 6.07) is 20.7. The van der Waals surface area contributed by atoms with Crippen LogP contribution in [0.5, 0.6) is 0 Å². The van der Waals surface area contributed by atoms with Gasteiger partial charge in [-0.15, -0.1) is 0 Å². The summed E-state index contributed by atoms with van der Waals surface area (Å²) in [5.74, 6) is -0.167. The molecule has 4 aromatic rings. The summed E-state index contributed by atoms with van der Waals surface area (Å²) in [4.78, 5) is 14.8. The first-order chi connectivity index (χ1) is 12.3. The van der Waals surface area contributed by atoms with E-state index in [9.17, 15) is 4.79 Å². The Labute approximate surface area is 144 Å². The van der Waals surface area contributed by atoms with Gasteiger partial charge in [0.2, 0.25) is 0 Å². The Kier molecular flexibility index (Phi) is 3.88. The highest BCUT2D eigenvalue weighted by Gasteiger charge is 2.23. The predicted molar refractivity (Wildman–Crippen MR) is 95.2 cm³/mol. The van der Waals surface area contributed by atoms with Crippen LogP contribution < -0.4 is 4.90 Å². The number of nitrogens with zero attached hydrogens (tertiary/aromatic N) is 3. The van der Waals surface area contributed by atoms with Crippen molar-refractivity contribution in [3.63, 3.8) is 0 Å². The van der Waals surface area contributed by atoms with Gasteiger partial charge in [0.15, 0.2) is 0 Å². The predicted octanol–water partition coefficient (Wildman–Crippen LogP) is 4.44. The van der Waals surface area contributed by atoms with Crippen molar-refractivity contribution in [1.29, 1.82) is 0 Å². The summed E-state index contributed by atoms with van der Waals surface area (Å²) in [7, 11) is 0. The van der Waals surface area contributed by atoms with E-state index in [1.165, 1.54) is 12.5 Å². The molecule has 2 heterocycles. The Bertz CT molecular complexity index is 961. The second-order valence-electron chi connectivity index (χ2n) is 5.43. The molecule has 0 unspecified atom stereocenters. The number of anilines is 2. The first-order valence-electron chi connectivity index (χ1n) is 7.85. The Morgan fingerprint density at radius 1 is 0.960 bits per heavy atom. The molecule has 4 rings (SSSR count). The fourth-order valence-corrected chi connectivity index (χ4v) is 2.72. The highest BCUT2D eigenvalue weighted by Crippen LogP contribution is 2.32. The van der Waals surface area contributed by atoms with Gasteiger partial charge < -0.3 is 4.42 Å². The van der Waals surface area contributed by atoms with Gasteiger partial charge in [-0.1, -0.05) is 30.3 Å². The van der Waals surface area contributed by atoms with Crippen molar-refractivity contribution in [2.24, 2.45) is 0 Å². The van der Waals surface area contributed by atoms with E-state index in [1.807, 2.05) is 66.9 Å². The second-order valence-corrected chi connectivity index (χ2v) is 5.43. The van der Waals surface area contributed by atoms with Gasteiger partial charge in [0.1, 0.15) is 6.26 Å². The van der Waals surface area contributed by atoms with Gasteiger partial charge in [-0.2, -0.15) is 5.10 Å². The van der Waals surface area contributed by atoms with Gasteiger partial charge in [0, 0.05) is 18.1 Å². The van der Waals surface area contributed by atoms with Crippen molar-refractivity contribution in [2.75, 3.05) is 4.90 Å². The van der Waals surface area contributed by atoms with Gasteiger partial charge in [0.05, 0.1) is 23.2 Å². The normalized spacial score (nSPS) is 10.6.